The number of hydrogen-bond donors (Lipinski definition) is 2. The molecular formula is C27H31FN4O4. The molecule has 1 aliphatic carbocycles. The molecule has 3 aliphatic rings. The van der Waals surface area contributed by atoms with Gasteiger partial charge in [0.15, 0.2) is 11.5 Å². The van der Waals surface area contributed by atoms with Crippen LogP contribution in [0.1, 0.15) is 65.8 Å². The van der Waals surface area contributed by atoms with E-state index in [0.717, 1.165) is 25.7 Å². The zero-order valence-electron chi connectivity index (χ0n) is 20.5. The molecule has 1 aromatic carbocycles. The summed E-state index contributed by atoms with van der Waals surface area (Å²) in [7, 11) is 0. The lowest BCUT2D eigenvalue weighted by Crippen LogP contribution is -2.46. The van der Waals surface area contributed by atoms with Crippen LogP contribution in [0.4, 0.5) is 10.3 Å². The van der Waals surface area contributed by atoms with Crippen molar-refractivity contribution in [2.75, 3.05) is 11.5 Å². The van der Waals surface area contributed by atoms with Crippen molar-refractivity contribution >= 4 is 23.4 Å². The van der Waals surface area contributed by atoms with Gasteiger partial charge in [0.1, 0.15) is 5.82 Å². The highest BCUT2D eigenvalue weighted by molar-refractivity contribution is 6.05. The highest BCUT2D eigenvalue weighted by atomic mass is 19.1. The third kappa shape index (κ3) is 4.72. The summed E-state index contributed by atoms with van der Waals surface area (Å²) in [4.78, 5) is 35.5. The topological polar surface area (TPSA) is 119 Å². The van der Waals surface area contributed by atoms with Gasteiger partial charge in [-0.05, 0) is 70.1 Å². The Kier molecular flexibility index (Phi) is 6.51. The number of carboxylic acid groups (broad SMARTS) is 1. The Morgan fingerprint density at radius 2 is 1.83 bits per heavy atom. The fraction of sp³-hybridized carbons (Fsp3) is 0.481. The minimum atomic E-state index is -1.07. The van der Waals surface area contributed by atoms with Crippen molar-refractivity contribution in [2.45, 2.75) is 70.6 Å². The number of rotatable bonds is 8. The minimum Gasteiger partial charge on any atom is -0.477 e. The van der Waals surface area contributed by atoms with Crippen molar-refractivity contribution in [1.82, 2.24) is 9.97 Å². The van der Waals surface area contributed by atoms with Crippen LogP contribution in [-0.2, 0) is 9.53 Å². The second kappa shape index (κ2) is 9.61. The number of nitrogens with two attached hydrogens (primary N) is 1. The lowest BCUT2D eigenvalue weighted by atomic mass is 9.97. The number of fused-ring (bicyclic) bond motifs is 2. The van der Waals surface area contributed by atoms with E-state index in [1.54, 1.807) is 26.0 Å². The standard InChI is InChI=1S/C27H31FN4O4/c1-14-4-3-5-21(28)23(14)24(29)20(25(33)16-6-7-16)13-36-19-11-17-8-9-18(12-19)32(17)27-30-15(2)10-22(31-27)26(34)35/h3-5,10,16-19H,6-9,11-13,29H2,1-2H3,(H,34,35)/t17-,18?,19?/m0/s1. The molecule has 3 fully saturated rings. The number of aromatic carboxylic acids is 1. The van der Waals surface area contributed by atoms with Gasteiger partial charge in [0.05, 0.1) is 18.4 Å². The first-order valence-electron chi connectivity index (χ1n) is 12.5. The molecule has 8 nitrogen and oxygen atoms in total. The molecule has 0 radical (unpaired) electrons. The predicted molar refractivity (Wildman–Crippen MR) is 132 cm³/mol. The van der Waals surface area contributed by atoms with Crippen LogP contribution in [0.2, 0.25) is 0 Å². The number of Topliss-reactive ketones (excluding diaryl/α,β-unsaturated/α-hetero) is 1. The van der Waals surface area contributed by atoms with Crippen LogP contribution in [0.25, 0.3) is 5.70 Å². The first-order chi connectivity index (χ1) is 17.2. The number of hydrogen-bond acceptors (Lipinski definition) is 7. The molecule has 9 heteroatoms. The molecule has 190 valence electrons. The molecule has 3 heterocycles. The predicted octanol–water partition coefficient (Wildman–Crippen LogP) is 3.80. The number of carbonyl (C=O) groups is 2. The number of ether oxygens (including phenoxy) is 1. The average Bonchev–Trinajstić information content (AvgIpc) is 3.63. The number of carboxylic acids is 1. The molecule has 36 heavy (non-hydrogen) atoms. The molecule has 3 N–H and O–H groups in total. The summed E-state index contributed by atoms with van der Waals surface area (Å²) in [5.41, 5.74) is 8.48. The molecule has 0 spiro atoms. The minimum absolute atomic E-state index is 0.0115. The number of aromatic nitrogens is 2. The van der Waals surface area contributed by atoms with E-state index in [9.17, 15) is 19.1 Å². The first-order valence-corrected chi connectivity index (χ1v) is 12.5. The van der Waals surface area contributed by atoms with Crippen molar-refractivity contribution in [3.05, 3.63) is 58.2 Å². The van der Waals surface area contributed by atoms with Crippen LogP contribution in [0.3, 0.4) is 0 Å². The van der Waals surface area contributed by atoms with Crippen molar-refractivity contribution in [1.29, 1.82) is 0 Å². The van der Waals surface area contributed by atoms with Crippen molar-refractivity contribution in [3.8, 4) is 0 Å². The van der Waals surface area contributed by atoms with Gasteiger partial charge in [0.25, 0.3) is 0 Å². The van der Waals surface area contributed by atoms with E-state index >= 15 is 0 Å². The van der Waals surface area contributed by atoms with Crippen LogP contribution >= 0.6 is 0 Å². The number of nitrogens with zero attached hydrogens (tertiary/aromatic N) is 3. The van der Waals surface area contributed by atoms with Gasteiger partial charge in [-0.3, -0.25) is 4.79 Å². The molecule has 2 aliphatic heterocycles. The SMILES string of the molecule is Cc1cc(C(=O)O)nc(N2C3CC[C@H]2CC(OCC(C(=O)C2CC2)=C(N)c2c(C)cccc2F)C3)n1. The Morgan fingerprint density at radius 3 is 2.44 bits per heavy atom. The zero-order valence-corrected chi connectivity index (χ0v) is 20.5. The third-order valence-electron chi connectivity index (χ3n) is 7.51. The molecule has 5 rings (SSSR count). The average molecular weight is 495 g/mol. The fourth-order valence-electron chi connectivity index (χ4n) is 5.57. The molecule has 2 unspecified atom stereocenters. The van der Waals surface area contributed by atoms with Gasteiger partial charge in [0.2, 0.25) is 5.95 Å². The maximum absolute atomic E-state index is 14.6. The summed E-state index contributed by atoms with van der Waals surface area (Å²) in [6.45, 7) is 3.59. The van der Waals surface area contributed by atoms with Crippen LogP contribution in [0, 0.1) is 25.6 Å². The maximum Gasteiger partial charge on any atom is 0.354 e. The zero-order chi connectivity index (χ0) is 25.6. The summed E-state index contributed by atoms with van der Waals surface area (Å²) >= 11 is 0. The number of aryl methyl sites for hydroxylation is 2. The number of carbonyl (C=O) groups excluding carboxylic acids is 1. The summed E-state index contributed by atoms with van der Waals surface area (Å²) in [5.74, 6) is -1.19. The second-order valence-corrected chi connectivity index (χ2v) is 10.2. The smallest absolute Gasteiger partial charge is 0.354 e. The molecule has 2 aromatic rings. The van der Waals surface area contributed by atoms with Gasteiger partial charge in [-0.25, -0.2) is 19.2 Å². The van der Waals surface area contributed by atoms with E-state index in [-0.39, 0.29) is 53.5 Å². The largest absolute Gasteiger partial charge is 0.477 e. The van der Waals surface area contributed by atoms with Gasteiger partial charge < -0.3 is 20.5 Å². The Morgan fingerprint density at radius 1 is 1.14 bits per heavy atom. The van der Waals surface area contributed by atoms with Crippen LogP contribution in [-0.4, -0.2) is 51.6 Å². The summed E-state index contributed by atoms with van der Waals surface area (Å²) in [5, 5.41) is 9.40. The monoisotopic (exact) mass is 494 g/mol. The molecule has 2 saturated heterocycles. The van der Waals surface area contributed by atoms with Crippen LogP contribution in [0.15, 0.2) is 29.8 Å². The van der Waals surface area contributed by atoms with E-state index in [4.69, 9.17) is 10.5 Å². The van der Waals surface area contributed by atoms with Gasteiger partial charge >= 0.3 is 5.97 Å². The Bertz CT molecular complexity index is 1210. The van der Waals surface area contributed by atoms with Gasteiger partial charge in [-0.15, -0.1) is 0 Å². The quantitative estimate of drug-likeness (QED) is 0.532. The fourth-order valence-corrected chi connectivity index (χ4v) is 5.57. The molecule has 2 bridgehead atoms. The van der Waals surface area contributed by atoms with Crippen molar-refractivity contribution < 1.29 is 23.8 Å². The Balaban J connectivity index is 1.34. The van der Waals surface area contributed by atoms with E-state index in [2.05, 4.69) is 14.9 Å². The van der Waals surface area contributed by atoms with E-state index in [0.29, 0.717) is 35.6 Å². The van der Waals surface area contributed by atoms with Crippen molar-refractivity contribution in [2.24, 2.45) is 11.7 Å². The number of anilines is 1. The highest BCUT2D eigenvalue weighted by Crippen LogP contribution is 2.40. The van der Waals surface area contributed by atoms with E-state index < -0.39 is 11.8 Å². The Labute approximate surface area is 209 Å². The molecule has 1 aromatic heterocycles. The van der Waals surface area contributed by atoms with Crippen molar-refractivity contribution in [3.63, 3.8) is 0 Å². The molecule has 1 saturated carbocycles. The molecule has 3 atom stereocenters. The molecular weight excluding hydrogens is 463 g/mol. The number of ketones is 1. The van der Waals surface area contributed by atoms with E-state index in [1.807, 2.05) is 0 Å². The molecule has 0 amide bonds. The van der Waals surface area contributed by atoms with Gasteiger partial charge in [-0.2, -0.15) is 0 Å². The summed E-state index contributed by atoms with van der Waals surface area (Å²) < 4.78 is 20.9. The van der Waals surface area contributed by atoms with Gasteiger partial charge in [0, 0.05) is 34.8 Å². The summed E-state index contributed by atoms with van der Waals surface area (Å²) in [6, 6.07) is 6.47. The summed E-state index contributed by atoms with van der Waals surface area (Å²) in [6.07, 6.45) is 4.83. The number of piperidine rings is 1. The van der Waals surface area contributed by atoms with E-state index in [1.165, 1.54) is 12.1 Å². The lowest BCUT2D eigenvalue weighted by Gasteiger charge is -2.39. The third-order valence-corrected chi connectivity index (χ3v) is 7.51. The van der Waals surface area contributed by atoms with Gasteiger partial charge in [-0.1, -0.05) is 12.1 Å². The van der Waals surface area contributed by atoms with Crippen LogP contribution in [0.5, 0.6) is 0 Å². The number of benzene rings is 1. The Hall–Kier alpha value is -3.33. The lowest BCUT2D eigenvalue weighted by molar-refractivity contribution is -0.117. The maximum atomic E-state index is 14.6. The highest BCUT2D eigenvalue weighted by Gasteiger charge is 2.43. The normalized spacial score (nSPS) is 24.0. The first kappa shape index (κ1) is 24.4. The second-order valence-electron chi connectivity index (χ2n) is 10.2. The number of halogens is 1. The van der Waals surface area contributed by atoms with Crippen LogP contribution < -0.4 is 10.6 Å².